The zero-order chi connectivity index (χ0) is 12.1. The monoisotopic (exact) mass is 212 g/mol. The zero-order valence-electron chi connectivity index (χ0n) is 10.9. The Labute approximate surface area is 93.7 Å². The van der Waals surface area contributed by atoms with E-state index in [1.165, 1.54) is 0 Å². The third kappa shape index (κ3) is 7.18. The van der Waals surface area contributed by atoms with Crippen LogP contribution in [0.1, 0.15) is 54.4 Å². The average Bonchev–Trinajstić information content (AvgIpc) is 2.00. The fraction of sp³-hybridized carbons (Fsp3) is 0.769. The summed E-state index contributed by atoms with van der Waals surface area (Å²) in [6, 6.07) is 0. The van der Waals surface area contributed by atoms with E-state index in [4.69, 9.17) is 4.74 Å². The highest BCUT2D eigenvalue weighted by Crippen LogP contribution is 2.16. The highest BCUT2D eigenvalue weighted by atomic mass is 16.6. The minimum absolute atomic E-state index is 0.233. The third-order valence-corrected chi connectivity index (χ3v) is 2.25. The molecule has 0 aromatic carbocycles. The van der Waals surface area contributed by atoms with Crippen molar-refractivity contribution < 1.29 is 9.53 Å². The molecule has 0 aromatic rings. The first-order chi connectivity index (χ1) is 6.76. The second-order valence-corrected chi connectivity index (χ2v) is 5.11. The number of rotatable bonds is 4. The van der Waals surface area contributed by atoms with Gasteiger partial charge in [-0.25, -0.2) is 4.79 Å². The average molecular weight is 212 g/mol. The number of carbonyl (C=O) groups excluding carboxylic acids is 1. The van der Waals surface area contributed by atoms with Crippen molar-refractivity contribution in [1.82, 2.24) is 0 Å². The summed E-state index contributed by atoms with van der Waals surface area (Å²) in [5.41, 5.74) is 0.702. The molecular formula is C13H24O2. The van der Waals surface area contributed by atoms with Crippen molar-refractivity contribution in [1.29, 1.82) is 0 Å². The smallest absolute Gasteiger partial charge is 0.331 e. The van der Waals surface area contributed by atoms with Gasteiger partial charge in [-0.15, -0.1) is 0 Å². The van der Waals surface area contributed by atoms with Gasteiger partial charge >= 0.3 is 5.97 Å². The third-order valence-electron chi connectivity index (χ3n) is 2.25. The molecule has 0 spiro atoms. The van der Waals surface area contributed by atoms with E-state index in [9.17, 15) is 4.79 Å². The zero-order valence-corrected chi connectivity index (χ0v) is 10.9. The number of ether oxygens (including phenoxy) is 1. The normalized spacial score (nSPS) is 14.9. The van der Waals surface area contributed by atoms with E-state index in [1.54, 1.807) is 6.08 Å². The maximum Gasteiger partial charge on any atom is 0.331 e. The summed E-state index contributed by atoms with van der Waals surface area (Å²) < 4.78 is 5.22. The largest absolute Gasteiger partial charge is 0.457 e. The van der Waals surface area contributed by atoms with Crippen LogP contribution in [0.2, 0.25) is 0 Å². The molecular weight excluding hydrogens is 188 g/mol. The van der Waals surface area contributed by atoms with Crippen molar-refractivity contribution in [2.45, 2.75) is 60.0 Å². The standard InChI is InChI=1S/C13H24O2/c1-7-8-10(2)11(3)9-12(14)15-13(4,5)6/h9-10H,7-8H2,1-6H3/b11-9+. The summed E-state index contributed by atoms with van der Waals surface area (Å²) in [7, 11) is 0. The topological polar surface area (TPSA) is 26.3 Å². The summed E-state index contributed by atoms with van der Waals surface area (Å²) in [6.07, 6.45) is 3.87. The van der Waals surface area contributed by atoms with Crippen LogP contribution >= 0.6 is 0 Å². The van der Waals surface area contributed by atoms with E-state index in [0.29, 0.717) is 5.92 Å². The first-order valence-electron chi connectivity index (χ1n) is 5.67. The first-order valence-corrected chi connectivity index (χ1v) is 5.67. The molecule has 88 valence electrons. The lowest BCUT2D eigenvalue weighted by molar-refractivity contribution is -0.148. The van der Waals surface area contributed by atoms with Crippen LogP contribution in [0.4, 0.5) is 0 Å². The summed E-state index contributed by atoms with van der Waals surface area (Å²) >= 11 is 0. The summed E-state index contributed by atoms with van der Waals surface area (Å²) in [4.78, 5) is 11.5. The molecule has 15 heavy (non-hydrogen) atoms. The van der Waals surface area contributed by atoms with E-state index in [1.807, 2.05) is 27.7 Å². The van der Waals surface area contributed by atoms with Gasteiger partial charge < -0.3 is 4.74 Å². The van der Waals surface area contributed by atoms with Crippen LogP contribution < -0.4 is 0 Å². The van der Waals surface area contributed by atoms with Crippen LogP contribution in [0.3, 0.4) is 0 Å². The minimum atomic E-state index is -0.401. The van der Waals surface area contributed by atoms with E-state index >= 15 is 0 Å². The van der Waals surface area contributed by atoms with Gasteiger partial charge in [0.05, 0.1) is 0 Å². The Bertz CT molecular complexity index is 233. The molecule has 0 aliphatic heterocycles. The molecule has 1 atom stereocenters. The molecule has 0 aliphatic carbocycles. The molecule has 0 saturated heterocycles. The molecule has 0 bridgehead atoms. The quantitative estimate of drug-likeness (QED) is 0.524. The van der Waals surface area contributed by atoms with Gasteiger partial charge in [-0.05, 0) is 40.0 Å². The molecule has 0 N–H and O–H groups in total. The van der Waals surface area contributed by atoms with Gasteiger partial charge in [0.2, 0.25) is 0 Å². The highest BCUT2D eigenvalue weighted by molar-refractivity contribution is 5.83. The SMILES string of the molecule is CCCC(C)/C(C)=C/C(=O)OC(C)(C)C. The van der Waals surface area contributed by atoms with Gasteiger partial charge in [-0.3, -0.25) is 0 Å². The number of hydrogen-bond donors (Lipinski definition) is 0. The summed E-state index contributed by atoms with van der Waals surface area (Å²) in [5, 5.41) is 0. The number of carbonyl (C=O) groups is 1. The molecule has 0 heterocycles. The predicted molar refractivity (Wildman–Crippen MR) is 63.7 cm³/mol. The fourth-order valence-electron chi connectivity index (χ4n) is 1.32. The Hall–Kier alpha value is -0.790. The van der Waals surface area contributed by atoms with Crippen LogP contribution in [-0.2, 0) is 9.53 Å². The predicted octanol–water partition coefficient (Wildman–Crippen LogP) is 3.71. The second-order valence-electron chi connectivity index (χ2n) is 5.11. The fourth-order valence-corrected chi connectivity index (χ4v) is 1.32. The molecule has 0 aromatic heterocycles. The summed E-state index contributed by atoms with van der Waals surface area (Å²) in [6.45, 7) is 11.9. The highest BCUT2D eigenvalue weighted by Gasteiger charge is 2.15. The van der Waals surface area contributed by atoms with Gasteiger partial charge in [0.15, 0.2) is 0 Å². The summed E-state index contributed by atoms with van der Waals surface area (Å²) in [5.74, 6) is 0.227. The Morgan fingerprint density at radius 1 is 1.40 bits per heavy atom. The van der Waals surface area contributed by atoms with E-state index in [-0.39, 0.29) is 5.97 Å². The number of allylic oxidation sites excluding steroid dienone is 1. The van der Waals surface area contributed by atoms with Crippen molar-refractivity contribution in [3.05, 3.63) is 11.6 Å². The second kappa shape index (κ2) is 5.94. The van der Waals surface area contributed by atoms with Crippen LogP contribution in [0, 0.1) is 5.92 Å². The molecule has 2 nitrogen and oxygen atoms in total. The van der Waals surface area contributed by atoms with E-state index < -0.39 is 5.60 Å². The molecule has 0 fully saturated rings. The van der Waals surface area contributed by atoms with Gasteiger partial charge in [0.25, 0.3) is 0 Å². The van der Waals surface area contributed by atoms with Crippen LogP contribution in [0.25, 0.3) is 0 Å². The van der Waals surface area contributed by atoms with Crippen LogP contribution in [0.5, 0.6) is 0 Å². The Morgan fingerprint density at radius 3 is 2.33 bits per heavy atom. The van der Waals surface area contributed by atoms with Gasteiger partial charge in [-0.1, -0.05) is 25.8 Å². The Kier molecular flexibility index (Phi) is 5.63. The maximum absolute atomic E-state index is 11.5. The lowest BCUT2D eigenvalue weighted by Crippen LogP contribution is -2.23. The van der Waals surface area contributed by atoms with Gasteiger partial charge in [-0.2, -0.15) is 0 Å². The number of esters is 1. The van der Waals surface area contributed by atoms with Crippen molar-refractivity contribution in [2.24, 2.45) is 5.92 Å². The molecule has 0 radical (unpaired) electrons. The molecule has 1 unspecified atom stereocenters. The molecule has 0 aliphatic rings. The number of hydrogen-bond acceptors (Lipinski definition) is 2. The van der Waals surface area contributed by atoms with Crippen molar-refractivity contribution in [3.8, 4) is 0 Å². The van der Waals surface area contributed by atoms with Crippen molar-refractivity contribution in [3.63, 3.8) is 0 Å². The first kappa shape index (κ1) is 14.2. The minimum Gasteiger partial charge on any atom is -0.457 e. The Morgan fingerprint density at radius 2 is 1.93 bits per heavy atom. The van der Waals surface area contributed by atoms with E-state index in [2.05, 4.69) is 13.8 Å². The van der Waals surface area contributed by atoms with Crippen LogP contribution in [0.15, 0.2) is 11.6 Å². The van der Waals surface area contributed by atoms with Crippen molar-refractivity contribution >= 4 is 5.97 Å². The molecule has 0 amide bonds. The van der Waals surface area contributed by atoms with Gasteiger partial charge in [0.1, 0.15) is 5.60 Å². The molecule has 0 saturated carbocycles. The maximum atomic E-state index is 11.5. The lowest BCUT2D eigenvalue weighted by Gasteiger charge is -2.19. The molecule has 0 rings (SSSR count). The van der Waals surface area contributed by atoms with Gasteiger partial charge in [0, 0.05) is 6.08 Å². The lowest BCUT2D eigenvalue weighted by atomic mass is 9.97. The molecule has 2 heteroatoms. The van der Waals surface area contributed by atoms with Crippen molar-refractivity contribution in [2.75, 3.05) is 0 Å². The van der Waals surface area contributed by atoms with Crippen LogP contribution in [-0.4, -0.2) is 11.6 Å². The Balaban J connectivity index is 4.29. The van der Waals surface area contributed by atoms with E-state index in [0.717, 1.165) is 18.4 Å².